The Balaban J connectivity index is 2.23. The highest BCUT2D eigenvalue weighted by molar-refractivity contribution is 7.91. The molecule has 0 radical (unpaired) electrons. The van der Waals surface area contributed by atoms with E-state index in [4.69, 9.17) is 0 Å². The lowest BCUT2D eigenvalue weighted by Gasteiger charge is -2.17. The highest BCUT2D eigenvalue weighted by Gasteiger charge is 2.25. The second kappa shape index (κ2) is 6.12. The minimum atomic E-state index is -1.21. The van der Waals surface area contributed by atoms with Gasteiger partial charge in [-0.3, -0.25) is 0 Å². The van der Waals surface area contributed by atoms with Gasteiger partial charge in [-0.2, -0.15) is 11.3 Å². The topological polar surface area (TPSA) is 35.4 Å². The SMILES string of the molecule is Cc1cscc1-c1cccc(/C=N/[S@+]([O-])C(C)(C)C)c1. The molecule has 1 heterocycles. The Bertz CT molecular complexity index is 611. The Morgan fingerprint density at radius 3 is 2.60 bits per heavy atom. The first kappa shape index (κ1) is 15.3. The van der Waals surface area contributed by atoms with Gasteiger partial charge in [0.1, 0.15) is 16.1 Å². The molecule has 0 saturated carbocycles. The van der Waals surface area contributed by atoms with Gasteiger partial charge < -0.3 is 4.55 Å². The summed E-state index contributed by atoms with van der Waals surface area (Å²) in [6, 6.07) is 8.16. The number of rotatable bonds is 3. The van der Waals surface area contributed by atoms with E-state index in [0.717, 1.165) is 5.56 Å². The van der Waals surface area contributed by atoms with E-state index in [1.807, 2.05) is 32.9 Å². The molecule has 0 aliphatic heterocycles. The molecule has 4 heteroatoms. The summed E-state index contributed by atoms with van der Waals surface area (Å²) in [5.41, 5.74) is 4.68. The predicted octanol–water partition coefficient (Wildman–Crippen LogP) is 4.60. The highest BCUT2D eigenvalue weighted by atomic mass is 32.2. The van der Waals surface area contributed by atoms with Gasteiger partial charge in [-0.1, -0.05) is 22.6 Å². The van der Waals surface area contributed by atoms with Crippen molar-refractivity contribution in [3.63, 3.8) is 0 Å². The van der Waals surface area contributed by atoms with E-state index in [9.17, 15) is 4.55 Å². The highest BCUT2D eigenvalue weighted by Crippen LogP contribution is 2.27. The zero-order valence-electron chi connectivity index (χ0n) is 12.2. The second-order valence-electron chi connectivity index (χ2n) is 5.69. The molecule has 1 atom stereocenters. The van der Waals surface area contributed by atoms with Crippen LogP contribution >= 0.6 is 11.3 Å². The molecule has 0 aliphatic carbocycles. The lowest BCUT2D eigenvalue weighted by Crippen LogP contribution is -2.25. The van der Waals surface area contributed by atoms with E-state index in [-0.39, 0.29) is 4.75 Å². The molecular formula is C16H19NOS2. The standard InChI is InChI=1S/C16H19NOS2/c1-12-10-19-11-15(12)14-7-5-6-13(8-14)9-17-20(18)16(2,3)4/h5-11H,1-4H3/b17-9+/t20-/m1/s1. The fraction of sp³-hybridized carbons (Fsp3) is 0.312. The largest absolute Gasteiger partial charge is 0.591 e. The maximum Gasteiger partial charge on any atom is 0.144 e. The Hall–Kier alpha value is -1.10. The zero-order chi connectivity index (χ0) is 14.8. The average molecular weight is 305 g/mol. The first-order valence-corrected chi connectivity index (χ1v) is 8.52. The lowest BCUT2D eigenvalue weighted by atomic mass is 10.0. The number of hydrogen-bond donors (Lipinski definition) is 0. The fourth-order valence-corrected chi connectivity index (χ4v) is 3.10. The molecule has 0 bridgehead atoms. The van der Waals surface area contributed by atoms with Gasteiger partial charge in [0.15, 0.2) is 0 Å². The van der Waals surface area contributed by atoms with Gasteiger partial charge in [0.05, 0.1) is 6.21 Å². The third kappa shape index (κ3) is 3.72. The maximum absolute atomic E-state index is 11.9. The van der Waals surface area contributed by atoms with Gasteiger partial charge in [-0.15, -0.1) is 0 Å². The van der Waals surface area contributed by atoms with E-state index < -0.39 is 11.4 Å². The van der Waals surface area contributed by atoms with Crippen molar-refractivity contribution < 1.29 is 4.55 Å². The molecule has 0 aliphatic rings. The van der Waals surface area contributed by atoms with Gasteiger partial charge >= 0.3 is 0 Å². The van der Waals surface area contributed by atoms with Crippen molar-refractivity contribution >= 4 is 28.9 Å². The third-order valence-electron chi connectivity index (χ3n) is 2.87. The molecule has 0 spiro atoms. The van der Waals surface area contributed by atoms with E-state index in [1.165, 1.54) is 16.7 Å². The molecular weight excluding hydrogens is 286 g/mol. The fourth-order valence-electron chi connectivity index (χ4n) is 1.71. The molecule has 106 valence electrons. The van der Waals surface area contributed by atoms with Crippen LogP contribution in [0.15, 0.2) is 39.4 Å². The number of nitrogens with zero attached hydrogens (tertiary/aromatic N) is 1. The van der Waals surface area contributed by atoms with Crippen LogP contribution in [0.25, 0.3) is 11.1 Å². The van der Waals surface area contributed by atoms with Gasteiger partial charge in [0.25, 0.3) is 0 Å². The summed E-state index contributed by atoms with van der Waals surface area (Å²) in [6.45, 7) is 7.88. The van der Waals surface area contributed by atoms with Gasteiger partial charge in [0.2, 0.25) is 0 Å². The molecule has 1 aromatic carbocycles. The molecule has 20 heavy (non-hydrogen) atoms. The molecule has 2 aromatic rings. The van der Waals surface area contributed by atoms with E-state index in [0.29, 0.717) is 0 Å². The van der Waals surface area contributed by atoms with Crippen LogP contribution in [0.5, 0.6) is 0 Å². The monoisotopic (exact) mass is 305 g/mol. The summed E-state index contributed by atoms with van der Waals surface area (Å²) in [7, 11) is 0. The molecule has 2 rings (SSSR count). The molecule has 2 nitrogen and oxygen atoms in total. The smallest absolute Gasteiger partial charge is 0.144 e. The van der Waals surface area contributed by atoms with E-state index in [2.05, 4.69) is 34.2 Å². The van der Waals surface area contributed by atoms with Crippen LogP contribution in [0.2, 0.25) is 0 Å². The van der Waals surface area contributed by atoms with Crippen molar-refractivity contribution in [2.45, 2.75) is 32.4 Å². The van der Waals surface area contributed by atoms with Crippen LogP contribution in [0.1, 0.15) is 31.9 Å². The predicted molar refractivity (Wildman–Crippen MR) is 90.0 cm³/mol. The summed E-state index contributed by atoms with van der Waals surface area (Å²) in [5.74, 6) is 0. The third-order valence-corrected chi connectivity index (χ3v) is 5.08. The maximum atomic E-state index is 11.9. The molecule has 0 amide bonds. The van der Waals surface area contributed by atoms with Crippen LogP contribution in [0, 0.1) is 6.92 Å². The quantitative estimate of drug-likeness (QED) is 0.602. The normalized spacial score (nSPS) is 13.8. The molecule has 0 fully saturated rings. The summed E-state index contributed by atoms with van der Waals surface area (Å²) in [5, 5.41) is 4.30. The Morgan fingerprint density at radius 2 is 2.00 bits per heavy atom. The minimum Gasteiger partial charge on any atom is -0.591 e. The second-order valence-corrected chi connectivity index (χ2v) is 8.37. The summed E-state index contributed by atoms with van der Waals surface area (Å²) >= 11 is 0.492. The van der Waals surface area contributed by atoms with E-state index >= 15 is 0 Å². The minimum absolute atomic E-state index is 0.321. The van der Waals surface area contributed by atoms with Crippen molar-refractivity contribution in [3.05, 3.63) is 46.2 Å². The van der Waals surface area contributed by atoms with Crippen molar-refractivity contribution in [1.82, 2.24) is 0 Å². The summed E-state index contributed by atoms with van der Waals surface area (Å²) < 4.78 is 15.8. The summed E-state index contributed by atoms with van der Waals surface area (Å²) in [4.78, 5) is 0. The van der Waals surface area contributed by atoms with Crippen LogP contribution in [0.3, 0.4) is 0 Å². The van der Waals surface area contributed by atoms with Crippen molar-refractivity contribution in [2.24, 2.45) is 4.40 Å². The van der Waals surface area contributed by atoms with Gasteiger partial charge in [0, 0.05) is 0 Å². The number of benzene rings is 1. The summed E-state index contributed by atoms with van der Waals surface area (Å²) in [6.07, 6.45) is 1.70. The molecule has 0 saturated heterocycles. The van der Waals surface area contributed by atoms with Crippen molar-refractivity contribution in [2.75, 3.05) is 0 Å². The van der Waals surface area contributed by atoms with Crippen LogP contribution in [0.4, 0.5) is 0 Å². The Labute approximate surface area is 127 Å². The van der Waals surface area contributed by atoms with Crippen LogP contribution in [-0.4, -0.2) is 15.5 Å². The number of aryl methyl sites for hydroxylation is 1. The number of hydrogen-bond acceptors (Lipinski definition) is 3. The zero-order valence-corrected chi connectivity index (χ0v) is 13.8. The van der Waals surface area contributed by atoms with Crippen LogP contribution in [-0.2, 0) is 11.4 Å². The first-order chi connectivity index (χ1) is 9.38. The first-order valence-electron chi connectivity index (χ1n) is 6.47. The molecule has 1 aromatic heterocycles. The average Bonchev–Trinajstić information content (AvgIpc) is 2.81. The number of thiophene rings is 1. The van der Waals surface area contributed by atoms with Gasteiger partial charge in [-0.05, 0) is 66.8 Å². The Kier molecular flexibility index (Phi) is 4.68. The van der Waals surface area contributed by atoms with E-state index in [1.54, 1.807) is 17.6 Å². The van der Waals surface area contributed by atoms with Crippen molar-refractivity contribution in [1.29, 1.82) is 0 Å². The molecule has 0 N–H and O–H groups in total. The van der Waals surface area contributed by atoms with Crippen molar-refractivity contribution in [3.8, 4) is 11.1 Å². The Morgan fingerprint density at radius 1 is 1.25 bits per heavy atom. The van der Waals surface area contributed by atoms with Crippen LogP contribution < -0.4 is 0 Å². The lowest BCUT2D eigenvalue weighted by molar-refractivity contribution is 0.562. The van der Waals surface area contributed by atoms with Gasteiger partial charge in [-0.25, -0.2) is 0 Å². The molecule has 0 unspecified atom stereocenters.